The number of hydrogen-bond acceptors (Lipinski definition) is 6. The van der Waals surface area contributed by atoms with Gasteiger partial charge in [-0.3, -0.25) is 9.05 Å². The summed E-state index contributed by atoms with van der Waals surface area (Å²) in [5.74, 6) is 0. The molecule has 4 aromatic carbocycles. The molecule has 0 N–H and O–H groups in total. The third kappa shape index (κ3) is 8.38. The van der Waals surface area contributed by atoms with Gasteiger partial charge in [0.1, 0.15) is 22.3 Å². The largest absolute Gasteiger partial charge is 0.399 e. The standard InChI is InChI=1S/C46H60O6P2/c1-26-17-30(5)40-33(18-26)34-19-27(2)22-37(44(8,9)10)41(34)50-53(49-40)47-31(6)25-32(7)48-54-51-42-35(20-28(3)23-38(42)45(11,12)13)36-21-29(4)24-39(43(36)52-54)46(14,15)16/h17-24,31-32H,25H2,1-16H3/t31-,32-,53?/m1/s1. The van der Waals surface area contributed by atoms with Crippen molar-refractivity contribution < 1.29 is 25.8 Å². The molecule has 0 saturated carbocycles. The Kier molecular flexibility index (Phi) is 10.9. The highest BCUT2D eigenvalue weighted by Crippen LogP contribution is 2.44. The lowest BCUT2D eigenvalue weighted by molar-refractivity contribution is 0.184. The molecule has 0 saturated heterocycles. The van der Waals surface area contributed by atoms with Crippen LogP contribution in [-0.2, 0) is 16.2 Å². The first-order chi connectivity index (χ1) is 25.0. The molecule has 8 heteroatoms. The van der Waals surface area contributed by atoms with Gasteiger partial charge in [0.15, 0.2) is 0 Å². The van der Waals surface area contributed by atoms with Gasteiger partial charge in [-0.15, -0.1) is 0 Å². The Morgan fingerprint density at radius 2 is 0.722 bits per heavy atom. The van der Waals surface area contributed by atoms with Crippen LogP contribution in [0.4, 0.5) is 0 Å². The Morgan fingerprint density at radius 1 is 0.444 bits per heavy atom. The van der Waals surface area contributed by atoms with E-state index in [-0.39, 0.29) is 28.5 Å². The second kappa shape index (κ2) is 14.6. The third-order valence-corrected chi connectivity index (χ3v) is 12.4. The van der Waals surface area contributed by atoms with Crippen LogP contribution in [0, 0.1) is 34.6 Å². The molecule has 0 bridgehead atoms. The van der Waals surface area contributed by atoms with E-state index in [0.29, 0.717) is 6.42 Å². The summed E-state index contributed by atoms with van der Waals surface area (Å²) in [7, 11) is -3.61. The highest BCUT2D eigenvalue weighted by atomic mass is 31.1. The van der Waals surface area contributed by atoms with Gasteiger partial charge < -0.3 is 16.8 Å². The predicted molar refractivity (Wildman–Crippen MR) is 229 cm³/mol. The summed E-state index contributed by atoms with van der Waals surface area (Å²) >= 11 is 0. The van der Waals surface area contributed by atoms with E-state index in [2.05, 4.69) is 159 Å². The minimum atomic E-state index is -1.82. The zero-order valence-electron chi connectivity index (χ0n) is 35.3. The first-order valence-corrected chi connectivity index (χ1v) is 21.4. The van der Waals surface area contributed by atoms with E-state index in [0.717, 1.165) is 66.1 Å². The fourth-order valence-electron chi connectivity index (χ4n) is 7.43. The molecule has 2 aromatic heterocycles. The van der Waals surface area contributed by atoms with Gasteiger partial charge in [0, 0.05) is 44.7 Å². The molecule has 6 aromatic rings. The second-order valence-corrected chi connectivity index (χ2v) is 20.7. The number of benzene rings is 4. The van der Waals surface area contributed by atoms with Crippen molar-refractivity contribution in [3.05, 3.63) is 93.0 Å². The van der Waals surface area contributed by atoms with Gasteiger partial charge in [0.2, 0.25) is 0 Å². The number of fused-ring (bicyclic) bond motifs is 6. The molecule has 3 atom stereocenters. The lowest BCUT2D eigenvalue weighted by Crippen LogP contribution is -2.21. The monoisotopic (exact) mass is 770 g/mol. The molecular weight excluding hydrogens is 710 g/mol. The maximum absolute atomic E-state index is 6.87. The molecule has 6 nitrogen and oxygen atoms in total. The normalized spacial score (nSPS) is 14.3. The zero-order valence-corrected chi connectivity index (χ0v) is 37.1. The topological polar surface area (TPSA) is 71.0 Å². The van der Waals surface area contributed by atoms with Crippen molar-refractivity contribution in [2.24, 2.45) is 0 Å². The van der Waals surface area contributed by atoms with E-state index in [1.807, 2.05) is 0 Å². The second-order valence-electron chi connectivity index (χ2n) is 18.7. The van der Waals surface area contributed by atoms with Crippen LogP contribution >= 0.6 is 16.5 Å². The van der Waals surface area contributed by atoms with E-state index in [1.54, 1.807) is 0 Å². The van der Waals surface area contributed by atoms with Gasteiger partial charge in [0.25, 0.3) is 0 Å². The highest BCUT2D eigenvalue weighted by Gasteiger charge is 2.27. The predicted octanol–water partition coefficient (Wildman–Crippen LogP) is 15.1. The van der Waals surface area contributed by atoms with Crippen molar-refractivity contribution in [1.82, 2.24) is 0 Å². The highest BCUT2D eigenvalue weighted by molar-refractivity contribution is 7.32. The van der Waals surface area contributed by atoms with Crippen LogP contribution in [0.15, 0.2) is 65.3 Å². The third-order valence-electron chi connectivity index (χ3n) is 9.98. The molecular formula is C46H60O6P2. The van der Waals surface area contributed by atoms with E-state index < -0.39 is 16.5 Å². The van der Waals surface area contributed by atoms with Crippen LogP contribution in [0.5, 0.6) is 0 Å². The van der Waals surface area contributed by atoms with Gasteiger partial charge in [-0.1, -0.05) is 86.6 Å². The summed E-state index contributed by atoms with van der Waals surface area (Å²) in [6, 6.07) is 17.7. The lowest BCUT2D eigenvalue weighted by atomic mass is 9.83. The van der Waals surface area contributed by atoms with Crippen molar-refractivity contribution in [1.29, 1.82) is 0 Å². The van der Waals surface area contributed by atoms with Crippen molar-refractivity contribution in [2.75, 3.05) is 0 Å². The fourth-order valence-corrected chi connectivity index (χ4v) is 9.87. The molecule has 0 aliphatic rings. The SMILES string of the molecule is Cc1cc(C)c2op(O[C@H](C)C[C@@H](C)Op3oc4c(C(C)(C)C)cc(C)cc4c4cc(C)cc(C(C)(C)C)c4o3)oc3c(C(C)(C)C)cc(C)cc3c2c1. The molecule has 290 valence electrons. The Bertz CT molecular complexity index is 2380. The first-order valence-electron chi connectivity index (χ1n) is 19.2. The minimum Gasteiger partial charge on any atom is -0.399 e. The maximum Gasteiger partial charge on any atom is 0.387 e. The number of aryl methyl sites for hydroxylation is 5. The van der Waals surface area contributed by atoms with Gasteiger partial charge in [-0.2, -0.15) is 0 Å². The van der Waals surface area contributed by atoms with E-state index in [4.69, 9.17) is 25.8 Å². The van der Waals surface area contributed by atoms with Crippen molar-refractivity contribution in [3.63, 3.8) is 0 Å². The fraction of sp³-hybridized carbons (Fsp3) is 0.478. The molecule has 0 amide bonds. The van der Waals surface area contributed by atoms with E-state index in [9.17, 15) is 0 Å². The van der Waals surface area contributed by atoms with Crippen LogP contribution < -0.4 is 9.05 Å². The van der Waals surface area contributed by atoms with Crippen molar-refractivity contribution in [3.8, 4) is 0 Å². The lowest BCUT2D eigenvalue weighted by Gasteiger charge is -2.21. The Balaban J connectivity index is 1.44. The zero-order chi connectivity index (χ0) is 39.7. The van der Waals surface area contributed by atoms with Crippen molar-refractivity contribution in [2.45, 2.75) is 146 Å². The molecule has 6 rings (SSSR count). The van der Waals surface area contributed by atoms with Gasteiger partial charge in [0.05, 0.1) is 12.2 Å². The van der Waals surface area contributed by atoms with Crippen LogP contribution in [-0.4, -0.2) is 12.2 Å². The average Bonchev–Trinajstić information content (AvgIpc) is 3.26. The summed E-state index contributed by atoms with van der Waals surface area (Å²) in [5.41, 5.74) is 12.0. The molecule has 2 heterocycles. The van der Waals surface area contributed by atoms with Crippen LogP contribution in [0.3, 0.4) is 0 Å². The van der Waals surface area contributed by atoms with E-state index in [1.165, 1.54) is 22.3 Å². The molecule has 0 spiro atoms. The molecule has 54 heavy (non-hydrogen) atoms. The smallest absolute Gasteiger partial charge is 0.387 e. The summed E-state index contributed by atoms with van der Waals surface area (Å²) < 4.78 is 40.6. The molecule has 0 fully saturated rings. The van der Waals surface area contributed by atoms with E-state index >= 15 is 0 Å². The summed E-state index contributed by atoms with van der Waals surface area (Å²) in [5, 5.41) is 4.17. The summed E-state index contributed by atoms with van der Waals surface area (Å²) in [6.45, 7) is 34.8. The molecule has 0 radical (unpaired) electrons. The molecule has 1 unspecified atom stereocenters. The average molecular weight is 771 g/mol. The Hall–Kier alpha value is -3.40. The Morgan fingerprint density at radius 3 is 1.04 bits per heavy atom. The van der Waals surface area contributed by atoms with Crippen LogP contribution in [0.1, 0.15) is 127 Å². The van der Waals surface area contributed by atoms with Gasteiger partial charge >= 0.3 is 16.5 Å². The quantitative estimate of drug-likeness (QED) is 0.168. The minimum absolute atomic E-state index is 0.149. The molecule has 0 aliphatic carbocycles. The van der Waals surface area contributed by atoms with Gasteiger partial charge in [-0.05, 0) is 117 Å². The first kappa shape index (κ1) is 40.3. The molecule has 0 aliphatic heterocycles. The maximum atomic E-state index is 6.87. The van der Waals surface area contributed by atoms with Crippen LogP contribution in [0.25, 0.3) is 43.9 Å². The summed E-state index contributed by atoms with van der Waals surface area (Å²) in [4.78, 5) is 0. The Labute approximate surface area is 323 Å². The van der Waals surface area contributed by atoms with Gasteiger partial charge in [-0.25, -0.2) is 0 Å². The van der Waals surface area contributed by atoms with Crippen molar-refractivity contribution >= 4 is 60.4 Å². The summed E-state index contributed by atoms with van der Waals surface area (Å²) in [6.07, 6.45) is 0.0539. The number of rotatable bonds is 6. The van der Waals surface area contributed by atoms with Crippen LogP contribution in [0.2, 0.25) is 0 Å². The number of hydrogen-bond donors (Lipinski definition) is 0.